The first kappa shape index (κ1) is 29.6. The van der Waals surface area contributed by atoms with Gasteiger partial charge in [-0.15, -0.1) is 0 Å². The van der Waals surface area contributed by atoms with E-state index in [1.807, 2.05) is 22.9 Å². The van der Waals surface area contributed by atoms with Crippen molar-refractivity contribution in [2.24, 2.45) is 7.05 Å². The molecule has 228 valence electrons. The van der Waals surface area contributed by atoms with E-state index in [1.165, 1.54) is 4.57 Å². The van der Waals surface area contributed by atoms with Gasteiger partial charge in [-0.05, 0) is 44.7 Å². The summed E-state index contributed by atoms with van der Waals surface area (Å²) in [5, 5.41) is 12.6. The second kappa shape index (κ2) is 11.2. The number of hydrogen-bond donors (Lipinski definition) is 2. The van der Waals surface area contributed by atoms with Gasteiger partial charge < -0.3 is 24.6 Å². The maximum Gasteiger partial charge on any atom is 0.404 e. The molecule has 4 aromatic rings. The first-order chi connectivity index (χ1) is 20.4. The summed E-state index contributed by atoms with van der Waals surface area (Å²) in [5.41, 5.74) is 3.16. The number of ether oxygens (including phenoxy) is 1. The van der Waals surface area contributed by atoms with Gasteiger partial charge in [0.2, 0.25) is 0 Å². The number of amides is 1. The number of nitrogens with zero attached hydrogens (tertiary/aromatic N) is 6. The van der Waals surface area contributed by atoms with Crippen LogP contribution in [0.25, 0.3) is 33.2 Å². The van der Waals surface area contributed by atoms with E-state index in [4.69, 9.17) is 26.3 Å². The summed E-state index contributed by atoms with van der Waals surface area (Å²) in [6.45, 7) is 9.73. The molecule has 2 aliphatic heterocycles. The number of fused-ring (bicyclic) bond motifs is 4. The smallest absolute Gasteiger partial charge is 0.404 e. The van der Waals surface area contributed by atoms with E-state index in [1.54, 1.807) is 20.2 Å². The maximum atomic E-state index is 13.2. The molecule has 1 amide bonds. The third kappa shape index (κ3) is 5.63. The number of nitrogens with one attached hydrogen (secondary N) is 1. The minimum atomic E-state index is -1.27. The summed E-state index contributed by atoms with van der Waals surface area (Å²) < 4.78 is 9.62. The fraction of sp³-hybridized carbons (Fsp3) is 0.500. The molecule has 3 aromatic heterocycles. The van der Waals surface area contributed by atoms with Crippen molar-refractivity contribution in [2.75, 3.05) is 11.5 Å². The molecule has 13 heteroatoms. The molecule has 0 radical (unpaired) electrons. The highest BCUT2D eigenvalue weighted by atomic mass is 35.5. The molecule has 3 atom stereocenters. The minimum absolute atomic E-state index is 0.0563. The van der Waals surface area contributed by atoms with Crippen LogP contribution in [0.4, 0.5) is 10.6 Å². The molecule has 2 aliphatic rings. The Kier molecular flexibility index (Phi) is 7.72. The van der Waals surface area contributed by atoms with Crippen molar-refractivity contribution in [3.8, 4) is 11.1 Å². The predicted octanol–water partition coefficient (Wildman–Crippen LogP) is 5.39. The zero-order chi connectivity index (χ0) is 30.6. The van der Waals surface area contributed by atoms with Crippen molar-refractivity contribution in [3.05, 3.63) is 45.7 Å². The Morgan fingerprint density at radius 3 is 2.56 bits per heavy atom. The molecule has 2 N–H and O–H groups in total. The largest absolute Gasteiger partial charge is 0.465 e. The lowest BCUT2D eigenvalue weighted by molar-refractivity contribution is 0.0899. The summed E-state index contributed by atoms with van der Waals surface area (Å²) in [6.07, 6.45) is 6.24. The van der Waals surface area contributed by atoms with Crippen molar-refractivity contribution in [1.82, 2.24) is 29.4 Å². The van der Waals surface area contributed by atoms with E-state index < -0.39 is 14.2 Å². The van der Waals surface area contributed by atoms with Crippen LogP contribution in [0.15, 0.2) is 29.3 Å². The highest BCUT2D eigenvalue weighted by Crippen LogP contribution is 2.41. The number of piperidine rings is 1. The number of aryl methyl sites for hydroxylation is 1. The normalized spacial score (nSPS) is 20.3. The number of carbonyl (C=O) groups is 1. The van der Waals surface area contributed by atoms with E-state index in [0.29, 0.717) is 51.8 Å². The third-order valence-electron chi connectivity index (χ3n) is 8.80. The molecule has 0 unspecified atom stereocenters. The molecule has 2 saturated heterocycles. The zero-order valence-corrected chi connectivity index (χ0v) is 27.0. The molecule has 43 heavy (non-hydrogen) atoms. The van der Waals surface area contributed by atoms with Gasteiger partial charge in [0.25, 0.3) is 5.56 Å². The molecule has 1 aromatic carbocycles. The topological polar surface area (TPSA) is 127 Å². The monoisotopic (exact) mass is 623 g/mol. The number of rotatable bonds is 8. The molecule has 0 spiro atoms. The van der Waals surface area contributed by atoms with Crippen LogP contribution in [-0.2, 0) is 18.5 Å². The van der Waals surface area contributed by atoms with Gasteiger partial charge in [-0.1, -0.05) is 37.3 Å². The molecule has 11 nitrogen and oxygen atoms in total. The second-order valence-corrected chi connectivity index (χ2v) is 19.0. The van der Waals surface area contributed by atoms with E-state index in [9.17, 15) is 14.7 Å². The molecule has 2 bridgehead atoms. The van der Waals surface area contributed by atoms with Crippen molar-refractivity contribution in [3.63, 3.8) is 0 Å². The van der Waals surface area contributed by atoms with Crippen molar-refractivity contribution in [1.29, 1.82) is 0 Å². The molecular weight excluding hydrogens is 586 g/mol. The van der Waals surface area contributed by atoms with E-state index >= 15 is 0 Å². The molecule has 6 rings (SSSR count). The first-order valence-electron chi connectivity index (χ1n) is 14.8. The molecule has 2 fully saturated rings. The Bertz CT molecular complexity index is 1770. The number of halogens is 1. The van der Waals surface area contributed by atoms with Crippen molar-refractivity contribution in [2.45, 2.75) is 83.1 Å². The van der Waals surface area contributed by atoms with Gasteiger partial charge in [0.15, 0.2) is 5.65 Å². The van der Waals surface area contributed by atoms with Crippen molar-refractivity contribution < 1.29 is 14.6 Å². The van der Waals surface area contributed by atoms with E-state index in [-0.39, 0.29) is 23.7 Å². The van der Waals surface area contributed by atoms with Crippen LogP contribution in [0, 0.1) is 6.92 Å². The lowest BCUT2D eigenvalue weighted by atomic mass is 9.97. The summed E-state index contributed by atoms with van der Waals surface area (Å²) in [5.74, 6) is 1.39. The number of carboxylic acid groups (broad SMARTS) is 1. The Hall–Kier alpha value is -3.48. The van der Waals surface area contributed by atoms with Crippen molar-refractivity contribution >= 4 is 53.7 Å². The molecular formula is C30H38ClN7O4Si. The third-order valence-corrected chi connectivity index (χ3v) is 10.9. The summed E-state index contributed by atoms with van der Waals surface area (Å²) in [4.78, 5) is 41.4. The van der Waals surface area contributed by atoms with Gasteiger partial charge in [0.05, 0.1) is 22.1 Å². The van der Waals surface area contributed by atoms with Gasteiger partial charge in [0.1, 0.15) is 23.9 Å². The highest BCUT2D eigenvalue weighted by molar-refractivity contribution is 6.76. The summed E-state index contributed by atoms with van der Waals surface area (Å²) in [6, 6.07) is 5.09. The van der Waals surface area contributed by atoms with Gasteiger partial charge in [0, 0.05) is 57.2 Å². The predicted molar refractivity (Wildman–Crippen MR) is 171 cm³/mol. The average Bonchev–Trinajstić information content (AvgIpc) is 3.42. The van der Waals surface area contributed by atoms with Crippen LogP contribution in [0.2, 0.25) is 30.7 Å². The standard InChI is InChI=1S/C30H38ClN7O4Si/c1-17-33-23-9-8-21(26(31)25(23)29(39)36(17)2)22-15-37(16-42-10-11-43(3,4)5)28-27(22)32-14-24(35-28)38-19-6-7-20(38)13-18(12-19)34-30(40)41/h8-9,14-15,18-20,34H,6-7,10-13,16H2,1-5H3,(H,40,41)/t18-,19+,20-. The quantitative estimate of drug-likeness (QED) is 0.198. The molecule has 0 aliphatic carbocycles. The SMILES string of the molecule is Cc1nc2ccc(-c3cn(COCC[Si](C)(C)C)c4nc(N5[C@@H]6CC[C@H]5C[C@@H](NC(=O)O)C6)cnc34)c(Cl)c2c(=O)n1C. The van der Waals surface area contributed by atoms with Crippen LogP contribution in [0.1, 0.15) is 31.5 Å². The Morgan fingerprint density at radius 2 is 1.88 bits per heavy atom. The minimum Gasteiger partial charge on any atom is -0.465 e. The lowest BCUT2D eigenvalue weighted by Gasteiger charge is -2.39. The highest BCUT2D eigenvalue weighted by Gasteiger charge is 2.42. The van der Waals surface area contributed by atoms with Crippen LogP contribution in [-0.4, -0.2) is 68.1 Å². The van der Waals surface area contributed by atoms with E-state index in [0.717, 1.165) is 43.1 Å². The van der Waals surface area contributed by atoms with Gasteiger partial charge in [-0.25, -0.2) is 19.7 Å². The number of anilines is 1. The number of hydrogen-bond acceptors (Lipinski definition) is 7. The van der Waals surface area contributed by atoms with Gasteiger partial charge >= 0.3 is 6.09 Å². The Labute approximate surface area is 255 Å². The van der Waals surface area contributed by atoms with Crippen LogP contribution >= 0.6 is 11.6 Å². The van der Waals surface area contributed by atoms with Crippen LogP contribution in [0.3, 0.4) is 0 Å². The zero-order valence-electron chi connectivity index (χ0n) is 25.2. The van der Waals surface area contributed by atoms with Crippen LogP contribution in [0.5, 0.6) is 0 Å². The first-order valence-corrected chi connectivity index (χ1v) is 18.9. The average molecular weight is 624 g/mol. The Balaban J connectivity index is 1.41. The number of aromatic nitrogens is 5. The lowest BCUT2D eigenvalue weighted by Crippen LogP contribution is -2.50. The van der Waals surface area contributed by atoms with Crippen LogP contribution < -0.4 is 15.8 Å². The molecule has 0 saturated carbocycles. The Morgan fingerprint density at radius 1 is 1.16 bits per heavy atom. The fourth-order valence-electron chi connectivity index (χ4n) is 6.48. The van der Waals surface area contributed by atoms with Gasteiger partial charge in [-0.3, -0.25) is 9.36 Å². The summed E-state index contributed by atoms with van der Waals surface area (Å²) in [7, 11) is 0.426. The fourth-order valence-corrected chi connectivity index (χ4v) is 7.58. The van der Waals surface area contributed by atoms with E-state index in [2.05, 4.69) is 34.8 Å². The van der Waals surface area contributed by atoms with Gasteiger partial charge in [-0.2, -0.15) is 0 Å². The number of benzene rings is 1. The summed E-state index contributed by atoms with van der Waals surface area (Å²) >= 11 is 6.95. The molecule has 5 heterocycles. The second-order valence-electron chi connectivity index (χ2n) is 13.0. The maximum absolute atomic E-state index is 13.2.